The topological polar surface area (TPSA) is 68.1 Å². The third kappa shape index (κ3) is 2.23. The van der Waals surface area contributed by atoms with E-state index in [1.54, 1.807) is 37.6 Å². The molecule has 0 saturated heterocycles. The molecule has 0 aliphatic rings. The van der Waals surface area contributed by atoms with Gasteiger partial charge in [0.25, 0.3) is 0 Å². The van der Waals surface area contributed by atoms with E-state index in [1.165, 1.54) is 0 Å². The molecule has 0 amide bonds. The van der Waals surface area contributed by atoms with Gasteiger partial charge in [-0.1, -0.05) is 17.7 Å². The summed E-state index contributed by atoms with van der Waals surface area (Å²) in [5, 5.41) is 1.23. The molecule has 3 aromatic rings. The average molecular weight is 301 g/mol. The molecule has 0 unspecified atom stereocenters. The van der Waals surface area contributed by atoms with Crippen molar-refractivity contribution in [2.45, 2.75) is 0 Å². The molecular formula is C16H13ClN2O2. The maximum atomic E-state index is 12.7. The van der Waals surface area contributed by atoms with Crippen LogP contribution in [0.2, 0.25) is 5.02 Å². The van der Waals surface area contributed by atoms with Crippen LogP contribution in [0, 0.1) is 0 Å². The molecule has 5 heteroatoms. The summed E-state index contributed by atoms with van der Waals surface area (Å²) in [5.74, 6) is 0.393. The highest BCUT2D eigenvalue weighted by Crippen LogP contribution is 2.30. The standard InChI is InChI=1S/C16H13ClN2O2/c1-21-9-5-6-13(18)10(7-9)16(20)11-8-19-14-4-2-3-12(17)15(11)14/h2-8,19H,18H2,1H3. The normalized spacial score (nSPS) is 10.8. The molecule has 0 spiro atoms. The Morgan fingerprint density at radius 2 is 2.05 bits per heavy atom. The van der Waals surface area contributed by atoms with Crippen LogP contribution in [0.1, 0.15) is 15.9 Å². The fourth-order valence-electron chi connectivity index (χ4n) is 2.32. The zero-order chi connectivity index (χ0) is 15.0. The highest BCUT2D eigenvalue weighted by Gasteiger charge is 2.18. The molecule has 3 N–H and O–H groups in total. The van der Waals surface area contributed by atoms with Crippen molar-refractivity contribution in [3.05, 3.63) is 58.7 Å². The minimum Gasteiger partial charge on any atom is -0.497 e. The van der Waals surface area contributed by atoms with Crippen molar-refractivity contribution in [3.63, 3.8) is 0 Å². The number of methoxy groups -OCH3 is 1. The van der Waals surface area contributed by atoms with E-state index in [2.05, 4.69) is 4.98 Å². The van der Waals surface area contributed by atoms with E-state index in [1.807, 2.05) is 12.1 Å². The molecule has 0 aliphatic carbocycles. The van der Waals surface area contributed by atoms with Gasteiger partial charge in [-0.05, 0) is 30.3 Å². The summed E-state index contributed by atoms with van der Waals surface area (Å²) >= 11 is 6.21. The maximum absolute atomic E-state index is 12.7. The number of hydrogen-bond donors (Lipinski definition) is 2. The van der Waals surface area contributed by atoms with Gasteiger partial charge in [0.15, 0.2) is 5.78 Å². The van der Waals surface area contributed by atoms with E-state index in [0.717, 1.165) is 5.52 Å². The number of nitrogens with two attached hydrogens (primary N) is 1. The number of aromatic nitrogens is 1. The zero-order valence-electron chi connectivity index (χ0n) is 11.3. The van der Waals surface area contributed by atoms with Gasteiger partial charge in [-0.25, -0.2) is 0 Å². The summed E-state index contributed by atoms with van der Waals surface area (Å²) in [6.07, 6.45) is 1.65. The molecule has 0 aliphatic heterocycles. The second kappa shape index (κ2) is 5.14. The summed E-state index contributed by atoms with van der Waals surface area (Å²) in [6.45, 7) is 0. The van der Waals surface area contributed by atoms with Gasteiger partial charge >= 0.3 is 0 Å². The second-order valence-electron chi connectivity index (χ2n) is 4.65. The van der Waals surface area contributed by atoms with Gasteiger partial charge in [0, 0.05) is 33.9 Å². The second-order valence-corrected chi connectivity index (χ2v) is 5.05. The smallest absolute Gasteiger partial charge is 0.197 e. The Balaban J connectivity index is 2.17. The molecule has 1 aromatic heterocycles. The highest BCUT2D eigenvalue weighted by molar-refractivity contribution is 6.37. The SMILES string of the molecule is COc1ccc(N)c(C(=O)c2c[nH]c3cccc(Cl)c23)c1. The number of benzene rings is 2. The van der Waals surface area contributed by atoms with E-state index in [9.17, 15) is 4.79 Å². The van der Waals surface area contributed by atoms with Crippen LogP contribution in [0.25, 0.3) is 10.9 Å². The lowest BCUT2D eigenvalue weighted by molar-refractivity contribution is 0.104. The predicted molar refractivity (Wildman–Crippen MR) is 84.1 cm³/mol. The summed E-state index contributed by atoms with van der Waals surface area (Å²) in [5.41, 5.74) is 8.03. The lowest BCUT2D eigenvalue weighted by Crippen LogP contribution is -2.05. The molecule has 0 atom stereocenters. The largest absolute Gasteiger partial charge is 0.497 e. The van der Waals surface area contributed by atoms with Crippen molar-refractivity contribution in [2.75, 3.05) is 12.8 Å². The maximum Gasteiger partial charge on any atom is 0.197 e. The first-order chi connectivity index (χ1) is 10.1. The number of halogens is 1. The minimum atomic E-state index is -0.189. The van der Waals surface area contributed by atoms with Crippen LogP contribution in [0.5, 0.6) is 5.75 Å². The number of carbonyl (C=O) groups is 1. The Morgan fingerprint density at radius 1 is 1.24 bits per heavy atom. The number of aromatic amines is 1. The molecule has 1 heterocycles. The fraction of sp³-hybridized carbons (Fsp3) is 0.0625. The molecule has 0 fully saturated rings. The van der Waals surface area contributed by atoms with Crippen LogP contribution in [0.4, 0.5) is 5.69 Å². The third-order valence-corrected chi connectivity index (χ3v) is 3.72. The van der Waals surface area contributed by atoms with E-state index >= 15 is 0 Å². The van der Waals surface area contributed by atoms with Gasteiger partial charge in [0.05, 0.1) is 12.1 Å². The first-order valence-corrected chi connectivity index (χ1v) is 6.73. The molecular weight excluding hydrogens is 288 g/mol. The molecule has 21 heavy (non-hydrogen) atoms. The monoisotopic (exact) mass is 300 g/mol. The lowest BCUT2D eigenvalue weighted by atomic mass is 10.0. The van der Waals surface area contributed by atoms with Crippen molar-refractivity contribution in [3.8, 4) is 5.75 Å². The molecule has 106 valence electrons. The lowest BCUT2D eigenvalue weighted by Gasteiger charge is -2.07. The first-order valence-electron chi connectivity index (χ1n) is 6.35. The Hall–Kier alpha value is -2.46. The Morgan fingerprint density at radius 3 is 2.81 bits per heavy atom. The predicted octanol–water partition coefficient (Wildman–Crippen LogP) is 3.64. The van der Waals surface area contributed by atoms with Crippen molar-refractivity contribution in [2.24, 2.45) is 0 Å². The summed E-state index contributed by atoms with van der Waals surface area (Å²) < 4.78 is 5.15. The Bertz CT molecular complexity index is 839. The molecule has 2 aromatic carbocycles. The van der Waals surface area contributed by atoms with E-state index in [-0.39, 0.29) is 5.78 Å². The summed E-state index contributed by atoms with van der Waals surface area (Å²) in [6, 6.07) is 10.5. The Labute approximate surface area is 126 Å². The van der Waals surface area contributed by atoms with Gasteiger partial charge in [-0.3, -0.25) is 4.79 Å². The first kappa shape index (κ1) is 13.5. The zero-order valence-corrected chi connectivity index (χ0v) is 12.1. The van der Waals surface area contributed by atoms with Crippen LogP contribution < -0.4 is 10.5 Å². The quantitative estimate of drug-likeness (QED) is 0.573. The van der Waals surface area contributed by atoms with Crippen molar-refractivity contribution in [1.82, 2.24) is 4.98 Å². The number of fused-ring (bicyclic) bond motifs is 1. The van der Waals surface area contributed by atoms with E-state index in [0.29, 0.717) is 33.0 Å². The average Bonchev–Trinajstić information content (AvgIpc) is 2.92. The summed E-state index contributed by atoms with van der Waals surface area (Å²) in [4.78, 5) is 15.8. The number of carbonyl (C=O) groups excluding carboxylic acids is 1. The molecule has 4 nitrogen and oxygen atoms in total. The van der Waals surface area contributed by atoms with Gasteiger partial charge in [0.1, 0.15) is 5.75 Å². The van der Waals surface area contributed by atoms with Crippen LogP contribution >= 0.6 is 11.6 Å². The number of rotatable bonds is 3. The van der Waals surface area contributed by atoms with Crippen LogP contribution in [-0.4, -0.2) is 17.9 Å². The van der Waals surface area contributed by atoms with Gasteiger partial charge in [-0.15, -0.1) is 0 Å². The molecule has 3 rings (SSSR count). The van der Waals surface area contributed by atoms with Crippen molar-refractivity contribution in [1.29, 1.82) is 0 Å². The van der Waals surface area contributed by atoms with Gasteiger partial charge in [0.2, 0.25) is 0 Å². The Kier molecular flexibility index (Phi) is 3.31. The third-order valence-electron chi connectivity index (χ3n) is 3.40. The van der Waals surface area contributed by atoms with E-state index in [4.69, 9.17) is 22.1 Å². The number of nitrogens with one attached hydrogen (secondary N) is 1. The number of ether oxygens (including phenoxy) is 1. The number of anilines is 1. The number of nitrogen functional groups attached to an aromatic ring is 1. The van der Waals surface area contributed by atoms with Crippen LogP contribution in [0.15, 0.2) is 42.6 Å². The van der Waals surface area contributed by atoms with Gasteiger partial charge in [-0.2, -0.15) is 0 Å². The van der Waals surface area contributed by atoms with Crippen molar-refractivity contribution < 1.29 is 9.53 Å². The van der Waals surface area contributed by atoms with Crippen molar-refractivity contribution >= 4 is 34.0 Å². The fourth-order valence-corrected chi connectivity index (χ4v) is 2.60. The van der Waals surface area contributed by atoms with E-state index < -0.39 is 0 Å². The number of H-pyrrole nitrogens is 1. The molecule has 0 radical (unpaired) electrons. The minimum absolute atomic E-state index is 0.189. The number of hydrogen-bond acceptors (Lipinski definition) is 3. The number of ketones is 1. The highest BCUT2D eigenvalue weighted by atomic mass is 35.5. The van der Waals surface area contributed by atoms with Gasteiger partial charge < -0.3 is 15.5 Å². The molecule has 0 saturated carbocycles. The molecule has 0 bridgehead atoms. The van der Waals surface area contributed by atoms with Crippen LogP contribution in [0.3, 0.4) is 0 Å². The van der Waals surface area contributed by atoms with Crippen LogP contribution in [-0.2, 0) is 0 Å². The summed E-state index contributed by atoms with van der Waals surface area (Å²) in [7, 11) is 1.54.